The van der Waals surface area contributed by atoms with Crippen LogP contribution in [-0.4, -0.2) is 14.8 Å². The molecule has 1 aromatic rings. The van der Waals surface area contributed by atoms with Gasteiger partial charge in [0.05, 0.1) is 5.69 Å². The molecule has 0 aliphatic heterocycles. The van der Waals surface area contributed by atoms with Crippen LogP contribution >= 0.6 is 15.9 Å². The number of nitrogens with zero attached hydrogens (tertiary/aromatic N) is 2. The maximum absolute atomic E-state index is 4.36. The van der Waals surface area contributed by atoms with Gasteiger partial charge in [-0.1, -0.05) is 28.8 Å². The van der Waals surface area contributed by atoms with E-state index in [9.17, 15) is 0 Å². The largest absolute Gasteiger partial charge is 0.261 e. The SMILES string of the molecule is BrC1CCCCC1c1cnccn1. The van der Waals surface area contributed by atoms with Crippen molar-refractivity contribution in [1.82, 2.24) is 9.97 Å². The van der Waals surface area contributed by atoms with Gasteiger partial charge in [0.15, 0.2) is 0 Å². The maximum Gasteiger partial charge on any atom is 0.0628 e. The molecule has 13 heavy (non-hydrogen) atoms. The Balaban J connectivity index is 2.15. The van der Waals surface area contributed by atoms with Gasteiger partial charge in [-0.2, -0.15) is 0 Å². The standard InChI is InChI=1S/C10H13BrN2/c11-9-4-2-1-3-8(9)10-7-12-5-6-13-10/h5-9H,1-4H2. The van der Waals surface area contributed by atoms with Gasteiger partial charge < -0.3 is 0 Å². The van der Waals surface area contributed by atoms with Crippen LogP contribution in [0, 0.1) is 0 Å². The molecular formula is C10H13BrN2. The van der Waals surface area contributed by atoms with Crippen molar-refractivity contribution in [2.24, 2.45) is 0 Å². The zero-order chi connectivity index (χ0) is 9.10. The summed E-state index contributed by atoms with van der Waals surface area (Å²) >= 11 is 3.72. The fourth-order valence-electron chi connectivity index (χ4n) is 1.92. The summed E-state index contributed by atoms with van der Waals surface area (Å²) in [7, 11) is 0. The molecule has 70 valence electrons. The molecule has 0 radical (unpaired) electrons. The second kappa shape index (κ2) is 4.18. The van der Waals surface area contributed by atoms with Crippen molar-refractivity contribution in [3.05, 3.63) is 24.3 Å². The first kappa shape index (κ1) is 9.13. The highest BCUT2D eigenvalue weighted by atomic mass is 79.9. The highest BCUT2D eigenvalue weighted by Gasteiger charge is 2.25. The Morgan fingerprint density at radius 3 is 2.77 bits per heavy atom. The lowest BCUT2D eigenvalue weighted by molar-refractivity contribution is 0.453. The average molecular weight is 241 g/mol. The van der Waals surface area contributed by atoms with Crippen LogP contribution in [0.5, 0.6) is 0 Å². The van der Waals surface area contributed by atoms with Gasteiger partial charge in [-0.25, -0.2) is 0 Å². The summed E-state index contributed by atoms with van der Waals surface area (Å²) in [4.78, 5) is 9.07. The van der Waals surface area contributed by atoms with E-state index in [0.29, 0.717) is 10.7 Å². The molecule has 1 aromatic heterocycles. The molecular weight excluding hydrogens is 228 g/mol. The molecule has 0 spiro atoms. The van der Waals surface area contributed by atoms with Crippen molar-refractivity contribution in [2.45, 2.75) is 36.4 Å². The maximum atomic E-state index is 4.36. The minimum Gasteiger partial charge on any atom is -0.261 e. The zero-order valence-electron chi connectivity index (χ0n) is 7.49. The van der Waals surface area contributed by atoms with Gasteiger partial charge in [-0.15, -0.1) is 0 Å². The fraction of sp³-hybridized carbons (Fsp3) is 0.600. The van der Waals surface area contributed by atoms with Crippen molar-refractivity contribution in [3.8, 4) is 0 Å². The van der Waals surface area contributed by atoms with E-state index in [4.69, 9.17) is 0 Å². The first-order valence-corrected chi connectivity index (χ1v) is 5.69. The predicted molar refractivity (Wildman–Crippen MR) is 56.0 cm³/mol. The summed E-state index contributed by atoms with van der Waals surface area (Å²) in [5.41, 5.74) is 1.14. The summed E-state index contributed by atoms with van der Waals surface area (Å²) in [5, 5.41) is 0. The molecule has 0 amide bonds. The Hall–Kier alpha value is -0.440. The third kappa shape index (κ3) is 2.08. The Morgan fingerprint density at radius 1 is 1.23 bits per heavy atom. The quantitative estimate of drug-likeness (QED) is 0.706. The number of hydrogen-bond acceptors (Lipinski definition) is 2. The summed E-state index contributed by atoms with van der Waals surface area (Å²) in [6, 6.07) is 0. The van der Waals surface area contributed by atoms with Crippen LogP contribution in [0.15, 0.2) is 18.6 Å². The van der Waals surface area contributed by atoms with Crippen LogP contribution in [-0.2, 0) is 0 Å². The smallest absolute Gasteiger partial charge is 0.0628 e. The Labute approximate surface area is 86.9 Å². The Kier molecular flexibility index (Phi) is 2.94. The average Bonchev–Trinajstić information content (AvgIpc) is 2.20. The van der Waals surface area contributed by atoms with E-state index in [1.165, 1.54) is 25.7 Å². The number of rotatable bonds is 1. The van der Waals surface area contributed by atoms with Crippen LogP contribution in [0.1, 0.15) is 37.3 Å². The Morgan fingerprint density at radius 2 is 2.08 bits per heavy atom. The van der Waals surface area contributed by atoms with Gasteiger partial charge in [-0.05, 0) is 12.8 Å². The fourth-order valence-corrected chi connectivity index (χ4v) is 2.78. The molecule has 2 nitrogen and oxygen atoms in total. The Bertz CT molecular complexity index is 263. The molecule has 1 aliphatic carbocycles. The van der Waals surface area contributed by atoms with Gasteiger partial charge in [0, 0.05) is 29.3 Å². The lowest BCUT2D eigenvalue weighted by Crippen LogP contribution is -2.18. The lowest BCUT2D eigenvalue weighted by Gasteiger charge is -2.26. The molecule has 0 N–H and O–H groups in total. The van der Waals surface area contributed by atoms with Crippen molar-refractivity contribution in [2.75, 3.05) is 0 Å². The normalized spacial score (nSPS) is 28.7. The molecule has 0 saturated heterocycles. The number of alkyl halides is 1. The highest BCUT2D eigenvalue weighted by Crippen LogP contribution is 2.35. The van der Waals surface area contributed by atoms with E-state index in [2.05, 4.69) is 25.9 Å². The third-order valence-corrected chi connectivity index (χ3v) is 3.74. The van der Waals surface area contributed by atoms with Crippen molar-refractivity contribution in [3.63, 3.8) is 0 Å². The molecule has 0 bridgehead atoms. The second-order valence-electron chi connectivity index (χ2n) is 3.54. The molecule has 1 fully saturated rings. The minimum absolute atomic E-state index is 0.572. The van der Waals surface area contributed by atoms with E-state index in [1.54, 1.807) is 12.4 Å². The molecule has 1 saturated carbocycles. The van der Waals surface area contributed by atoms with Crippen LogP contribution < -0.4 is 0 Å². The van der Waals surface area contributed by atoms with Gasteiger partial charge in [0.2, 0.25) is 0 Å². The minimum atomic E-state index is 0.572. The molecule has 2 unspecified atom stereocenters. The highest BCUT2D eigenvalue weighted by molar-refractivity contribution is 9.09. The van der Waals surface area contributed by atoms with Gasteiger partial charge in [0.25, 0.3) is 0 Å². The van der Waals surface area contributed by atoms with Crippen LogP contribution in [0.2, 0.25) is 0 Å². The topological polar surface area (TPSA) is 25.8 Å². The van der Waals surface area contributed by atoms with E-state index in [1.807, 2.05) is 6.20 Å². The van der Waals surface area contributed by atoms with Crippen LogP contribution in [0.4, 0.5) is 0 Å². The first-order valence-electron chi connectivity index (χ1n) is 4.78. The number of aromatic nitrogens is 2. The lowest BCUT2D eigenvalue weighted by atomic mass is 9.87. The van der Waals surface area contributed by atoms with Crippen LogP contribution in [0.3, 0.4) is 0 Å². The molecule has 2 rings (SSSR count). The van der Waals surface area contributed by atoms with E-state index in [-0.39, 0.29) is 0 Å². The molecule has 3 heteroatoms. The second-order valence-corrected chi connectivity index (χ2v) is 4.71. The third-order valence-electron chi connectivity index (χ3n) is 2.64. The van der Waals surface area contributed by atoms with Crippen LogP contribution in [0.25, 0.3) is 0 Å². The van der Waals surface area contributed by atoms with Crippen molar-refractivity contribution >= 4 is 15.9 Å². The monoisotopic (exact) mass is 240 g/mol. The summed E-state index contributed by atoms with van der Waals surface area (Å²) in [5.74, 6) is 0.572. The summed E-state index contributed by atoms with van der Waals surface area (Å²) in [6.07, 6.45) is 10.6. The molecule has 1 aliphatic rings. The van der Waals surface area contributed by atoms with Crippen molar-refractivity contribution < 1.29 is 0 Å². The summed E-state index contributed by atoms with van der Waals surface area (Å²) in [6.45, 7) is 0. The molecule has 1 heterocycles. The van der Waals surface area contributed by atoms with Gasteiger partial charge in [0.1, 0.15) is 0 Å². The van der Waals surface area contributed by atoms with E-state index < -0.39 is 0 Å². The molecule has 0 aromatic carbocycles. The number of halogens is 1. The van der Waals surface area contributed by atoms with Gasteiger partial charge >= 0.3 is 0 Å². The number of hydrogen-bond donors (Lipinski definition) is 0. The van der Waals surface area contributed by atoms with Gasteiger partial charge in [-0.3, -0.25) is 9.97 Å². The zero-order valence-corrected chi connectivity index (χ0v) is 9.07. The van der Waals surface area contributed by atoms with Crippen molar-refractivity contribution in [1.29, 1.82) is 0 Å². The molecule has 2 atom stereocenters. The van der Waals surface area contributed by atoms with E-state index >= 15 is 0 Å². The predicted octanol–water partition coefficient (Wildman–Crippen LogP) is 2.90. The van der Waals surface area contributed by atoms with E-state index in [0.717, 1.165) is 5.69 Å². The first-order chi connectivity index (χ1) is 6.38. The summed E-state index contributed by atoms with van der Waals surface area (Å²) < 4.78 is 0.